The van der Waals surface area contributed by atoms with Gasteiger partial charge < -0.3 is 20.5 Å². The van der Waals surface area contributed by atoms with E-state index in [1.54, 1.807) is 24.5 Å². The van der Waals surface area contributed by atoms with E-state index in [9.17, 15) is 13.6 Å². The Morgan fingerprint density at radius 1 is 1.11 bits per heavy atom. The van der Waals surface area contributed by atoms with Crippen LogP contribution in [0.2, 0.25) is 0 Å². The summed E-state index contributed by atoms with van der Waals surface area (Å²) >= 11 is 0. The van der Waals surface area contributed by atoms with Gasteiger partial charge in [-0.2, -0.15) is 4.39 Å². The number of pyridine rings is 1. The largest absolute Gasteiger partial charge is 0.328 e. The van der Waals surface area contributed by atoms with Gasteiger partial charge in [0.05, 0.1) is 35.0 Å². The third-order valence-electron chi connectivity index (χ3n) is 5.98. The summed E-state index contributed by atoms with van der Waals surface area (Å²) in [6, 6.07) is 7.26. The van der Waals surface area contributed by atoms with Crippen LogP contribution in [0.4, 0.5) is 26.1 Å². The van der Waals surface area contributed by atoms with Crippen LogP contribution in [-0.4, -0.2) is 43.0 Å². The maximum atomic E-state index is 14.9. The van der Waals surface area contributed by atoms with E-state index in [1.165, 1.54) is 23.2 Å². The molecular weight excluding hydrogens is 454 g/mol. The van der Waals surface area contributed by atoms with Gasteiger partial charge in [-0.15, -0.1) is 0 Å². The van der Waals surface area contributed by atoms with E-state index in [1.807, 2.05) is 18.4 Å². The highest BCUT2D eigenvalue weighted by Gasteiger charge is 2.27. The SMILES string of the molecule is CC(C)n1cnc2c(F)nc(-c3ccnc(Nc4ccc(N5CCCC(N)C5=O)cc4F)n3)cc21. The van der Waals surface area contributed by atoms with E-state index in [4.69, 9.17) is 5.73 Å². The predicted octanol–water partition coefficient (Wildman–Crippen LogP) is 3.95. The van der Waals surface area contributed by atoms with Crippen molar-refractivity contribution in [2.45, 2.75) is 38.8 Å². The molecule has 5 rings (SSSR count). The number of nitrogens with two attached hydrogens (primary N) is 1. The third kappa shape index (κ3) is 4.30. The summed E-state index contributed by atoms with van der Waals surface area (Å²) in [4.78, 5) is 30.5. The van der Waals surface area contributed by atoms with Gasteiger partial charge in [-0.3, -0.25) is 4.79 Å². The second-order valence-electron chi connectivity index (χ2n) is 8.70. The average molecular weight is 479 g/mol. The molecule has 1 aromatic carbocycles. The maximum Gasteiger partial charge on any atom is 0.243 e. The Labute approximate surface area is 200 Å². The second kappa shape index (κ2) is 8.99. The zero-order valence-corrected chi connectivity index (χ0v) is 19.2. The van der Waals surface area contributed by atoms with E-state index in [-0.39, 0.29) is 29.1 Å². The number of imidazole rings is 1. The summed E-state index contributed by atoms with van der Waals surface area (Å²) in [5.74, 6) is -1.37. The molecule has 1 atom stereocenters. The number of fused-ring (bicyclic) bond motifs is 1. The highest BCUT2D eigenvalue weighted by molar-refractivity contribution is 5.98. The molecule has 9 nitrogen and oxygen atoms in total. The number of nitrogens with one attached hydrogen (secondary N) is 1. The first-order valence-corrected chi connectivity index (χ1v) is 11.3. The van der Waals surface area contributed by atoms with Gasteiger partial charge in [0.25, 0.3) is 0 Å². The summed E-state index contributed by atoms with van der Waals surface area (Å²) in [6.45, 7) is 4.44. The highest BCUT2D eigenvalue weighted by Crippen LogP contribution is 2.28. The topological polar surface area (TPSA) is 115 Å². The standard InChI is InChI=1S/C24H24F2N8O/c1-13(2)34-12-29-21-20(34)11-19(30-22(21)26)18-7-8-28-24(32-18)31-17-6-5-14(10-15(17)25)33-9-3-4-16(27)23(33)35/h5-8,10-13,16H,3-4,9,27H2,1-2H3,(H,28,31,32). The molecule has 3 aromatic heterocycles. The molecule has 0 aliphatic carbocycles. The Hall–Kier alpha value is -3.99. The minimum absolute atomic E-state index is 0.0826. The number of hydrogen-bond acceptors (Lipinski definition) is 7. The number of hydrogen-bond donors (Lipinski definition) is 2. The van der Waals surface area contributed by atoms with Gasteiger partial charge in [0.2, 0.25) is 17.8 Å². The number of aromatic nitrogens is 5. The van der Waals surface area contributed by atoms with E-state index >= 15 is 0 Å². The Morgan fingerprint density at radius 3 is 2.71 bits per heavy atom. The molecule has 0 bridgehead atoms. The van der Waals surface area contributed by atoms with Crippen molar-refractivity contribution in [3.05, 3.63) is 54.6 Å². The lowest BCUT2D eigenvalue weighted by Gasteiger charge is -2.30. The lowest BCUT2D eigenvalue weighted by molar-refractivity contribution is -0.120. The zero-order valence-electron chi connectivity index (χ0n) is 19.2. The molecule has 0 spiro atoms. The van der Waals surface area contributed by atoms with Crippen molar-refractivity contribution in [2.75, 3.05) is 16.8 Å². The molecule has 35 heavy (non-hydrogen) atoms. The first-order valence-electron chi connectivity index (χ1n) is 11.3. The van der Waals surface area contributed by atoms with Gasteiger partial charge in [-0.05, 0) is 57.0 Å². The Bertz CT molecular complexity index is 1420. The quantitative estimate of drug-likeness (QED) is 0.418. The van der Waals surface area contributed by atoms with Crippen LogP contribution in [0, 0.1) is 11.8 Å². The molecule has 1 saturated heterocycles. The first kappa shape index (κ1) is 22.8. The average Bonchev–Trinajstić information content (AvgIpc) is 3.27. The summed E-state index contributed by atoms with van der Waals surface area (Å²) in [7, 11) is 0. The minimum Gasteiger partial charge on any atom is -0.328 e. The number of nitrogens with zero attached hydrogens (tertiary/aromatic N) is 6. The number of piperidine rings is 1. The lowest BCUT2D eigenvalue weighted by atomic mass is 10.0. The fraction of sp³-hybridized carbons (Fsp3) is 0.292. The fourth-order valence-corrected chi connectivity index (χ4v) is 4.15. The van der Waals surface area contributed by atoms with E-state index in [2.05, 4.69) is 25.3 Å². The van der Waals surface area contributed by atoms with Crippen LogP contribution in [0.1, 0.15) is 32.7 Å². The van der Waals surface area contributed by atoms with Crippen molar-refractivity contribution in [1.29, 1.82) is 0 Å². The number of benzene rings is 1. The van der Waals surface area contributed by atoms with Gasteiger partial charge >= 0.3 is 0 Å². The molecule has 0 radical (unpaired) electrons. The van der Waals surface area contributed by atoms with Crippen LogP contribution >= 0.6 is 0 Å². The van der Waals surface area contributed by atoms with E-state index < -0.39 is 17.8 Å². The highest BCUT2D eigenvalue weighted by atomic mass is 19.1. The Balaban J connectivity index is 1.42. The molecular formula is C24H24F2N8O. The molecule has 180 valence electrons. The lowest BCUT2D eigenvalue weighted by Crippen LogP contribution is -2.48. The third-order valence-corrected chi connectivity index (χ3v) is 5.98. The number of rotatable bonds is 5. The normalized spacial score (nSPS) is 16.3. The summed E-state index contributed by atoms with van der Waals surface area (Å²) < 4.78 is 31.4. The maximum absolute atomic E-state index is 14.9. The Kier molecular flexibility index (Phi) is 5.85. The number of carbonyl (C=O) groups excluding carboxylic acids is 1. The number of anilines is 3. The van der Waals surface area contributed by atoms with Crippen LogP contribution in [0.15, 0.2) is 42.9 Å². The van der Waals surface area contributed by atoms with Gasteiger partial charge in [0, 0.05) is 24.5 Å². The number of carbonyl (C=O) groups is 1. The van der Waals surface area contributed by atoms with Crippen molar-refractivity contribution in [2.24, 2.45) is 5.73 Å². The molecule has 1 unspecified atom stereocenters. The smallest absolute Gasteiger partial charge is 0.243 e. The van der Waals surface area contributed by atoms with Crippen molar-refractivity contribution in [3.63, 3.8) is 0 Å². The molecule has 0 saturated carbocycles. The second-order valence-corrected chi connectivity index (χ2v) is 8.70. The van der Waals surface area contributed by atoms with Gasteiger partial charge in [0.1, 0.15) is 11.3 Å². The number of amides is 1. The molecule has 11 heteroatoms. The molecule has 1 aliphatic rings. The molecule has 3 N–H and O–H groups in total. The van der Waals surface area contributed by atoms with Crippen LogP contribution < -0.4 is 16.0 Å². The minimum atomic E-state index is -0.696. The summed E-state index contributed by atoms with van der Waals surface area (Å²) in [5.41, 5.74) is 7.88. The van der Waals surface area contributed by atoms with Gasteiger partial charge in [-0.25, -0.2) is 24.3 Å². The van der Waals surface area contributed by atoms with Gasteiger partial charge in [-0.1, -0.05) is 0 Å². The molecule has 1 fully saturated rings. The van der Waals surface area contributed by atoms with Crippen molar-refractivity contribution in [1.82, 2.24) is 24.5 Å². The van der Waals surface area contributed by atoms with E-state index in [0.717, 1.165) is 6.42 Å². The summed E-state index contributed by atoms with van der Waals surface area (Å²) in [6.07, 6.45) is 4.44. The van der Waals surface area contributed by atoms with E-state index in [0.29, 0.717) is 35.6 Å². The van der Waals surface area contributed by atoms with Crippen molar-refractivity contribution < 1.29 is 13.6 Å². The van der Waals surface area contributed by atoms with Crippen molar-refractivity contribution >= 4 is 34.3 Å². The molecule has 4 aromatic rings. The van der Waals surface area contributed by atoms with Crippen LogP contribution in [0.3, 0.4) is 0 Å². The van der Waals surface area contributed by atoms with Crippen LogP contribution in [0.5, 0.6) is 0 Å². The molecule has 1 amide bonds. The van der Waals surface area contributed by atoms with Crippen LogP contribution in [-0.2, 0) is 4.79 Å². The monoisotopic (exact) mass is 478 g/mol. The van der Waals surface area contributed by atoms with Crippen LogP contribution in [0.25, 0.3) is 22.4 Å². The summed E-state index contributed by atoms with van der Waals surface area (Å²) in [5, 5.41) is 2.84. The zero-order chi connectivity index (χ0) is 24.7. The number of halogens is 2. The molecule has 4 heterocycles. The Morgan fingerprint density at radius 2 is 1.94 bits per heavy atom. The van der Waals surface area contributed by atoms with Gasteiger partial charge in [0.15, 0.2) is 0 Å². The molecule has 1 aliphatic heterocycles. The fourth-order valence-electron chi connectivity index (χ4n) is 4.15. The van der Waals surface area contributed by atoms with Crippen molar-refractivity contribution in [3.8, 4) is 11.4 Å². The first-order chi connectivity index (χ1) is 16.8. The predicted molar refractivity (Wildman–Crippen MR) is 128 cm³/mol.